The van der Waals surface area contributed by atoms with E-state index >= 15 is 0 Å². The van der Waals surface area contributed by atoms with Crippen molar-refractivity contribution in [2.24, 2.45) is 40.4 Å². The van der Waals surface area contributed by atoms with Gasteiger partial charge >= 0.3 is 0 Å². The van der Waals surface area contributed by atoms with Crippen molar-refractivity contribution >= 4 is 11.5 Å². The van der Waals surface area contributed by atoms with Crippen LogP contribution in [0.15, 0.2) is 48.3 Å². The zero-order valence-electron chi connectivity index (χ0n) is 24.4. The number of nitrogens with one attached hydrogen (secondary N) is 1. The number of Topliss-reactive ketones (excluding diaryl/α,β-unsaturated/α-hetero) is 1. The molecule has 8 unspecified atom stereocenters. The largest absolute Gasteiger partial charge is 0.510 e. The number of carbonyl (C=O) groups excluding carboxylic acids is 1. The quantitative estimate of drug-likeness (QED) is 0.161. The molecule has 218 valence electrons. The van der Waals surface area contributed by atoms with E-state index in [1.54, 1.807) is 0 Å². The highest BCUT2D eigenvalue weighted by atomic mass is 16.5. The summed E-state index contributed by atoms with van der Waals surface area (Å²) in [5, 5.41) is 44.9. The molecule has 39 heavy (non-hydrogen) atoms. The summed E-state index contributed by atoms with van der Waals surface area (Å²) in [5.74, 6) is -0.245. The second kappa shape index (κ2) is 11.8. The molecule has 0 radical (unpaired) electrons. The van der Waals surface area contributed by atoms with Gasteiger partial charge in [-0.25, -0.2) is 0 Å². The van der Waals surface area contributed by atoms with E-state index < -0.39 is 5.79 Å². The number of allylic oxidation sites excluding steroid dienone is 5. The molecule has 0 heterocycles. The predicted molar refractivity (Wildman–Crippen MR) is 153 cm³/mol. The molecule has 4 aliphatic carbocycles. The Morgan fingerprint density at radius 1 is 1.21 bits per heavy atom. The van der Waals surface area contributed by atoms with Crippen molar-refractivity contribution < 1.29 is 30.0 Å². The summed E-state index contributed by atoms with van der Waals surface area (Å²) >= 11 is 0. The molecule has 0 aromatic heterocycles. The molecule has 8 atom stereocenters. The molecule has 7 nitrogen and oxygen atoms in total. The monoisotopic (exact) mass is 543 g/mol. The zero-order chi connectivity index (χ0) is 29.3. The Hall–Kier alpha value is -2.06. The third-order valence-electron chi connectivity index (χ3n) is 9.65. The number of ketones is 1. The van der Waals surface area contributed by atoms with Crippen molar-refractivity contribution in [3.05, 3.63) is 48.3 Å². The Balaban J connectivity index is 0.000000771. The highest BCUT2D eigenvalue weighted by Gasteiger charge is 2.61. The molecule has 0 aromatic rings. The van der Waals surface area contributed by atoms with Gasteiger partial charge in [0.1, 0.15) is 19.0 Å². The Morgan fingerprint density at radius 2 is 1.85 bits per heavy atom. The van der Waals surface area contributed by atoms with Crippen molar-refractivity contribution in [1.29, 1.82) is 5.41 Å². The summed E-state index contributed by atoms with van der Waals surface area (Å²) in [5.41, 5.74) is 2.82. The minimum atomic E-state index is -1.50. The summed E-state index contributed by atoms with van der Waals surface area (Å²) in [6.07, 6.45) is 11.4. The van der Waals surface area contributed by atoms with E-state index in [4.69, 9.17) is 25.5 Å². The molecule has 0 amide bonds. The van der Waals surface area contributed by atoms with Crippen LogP contribution in [-0.4, -0.2) is 57.0 Å². The fourth-order valence-corrected chi connectivity index (χ4v) is 8.08. The molecule has 0 bridgehead atoms. The minimum Gasteiger partial charge on any atom is -0.510 e. The van der Waals surface area contributed by atoms with Crippen molar-refractivity contribution in [2.75, 3.05) is 13.2 Å². The van der Waals surface area contributed by atoms with Gasteiger partial charge in [-0.1, -0.05) is 51.2 Å². The number of hydrogen-bond donors (Lipinski definition) is 5. The topological polar surface area (TPSA) is 131 Å². The van der Waals surface area contributed by atoms with Crippen LogP contribution in [0.4, 0.5) is 0 Å². The average molecular weight is 544 g/mol. The van der Waals surface area contributed by atoms with Crippen LogP contribution in [0.5, 0.6) is 0 Å². The molecule has 0 saturated heterocycles. The molecule has 4 rings (SSSR count). The van der Waals surface area contributed by atoms with Crippen LogP contribution in [0.2, 0.25) is 0 Å². The van der Waals surface area contributed by atoms with Crippen LogP contribution in [0, 0.1) is 45.8 Å². The Bertz CT molecular complexity index is 1030. The van der Waals surface area contributed by atoms with Crippen LogP contribution in [0.3, 0.4) is 0 Å². The molecule has 0 spiro atoms. The van der Waals surface area contributed by atoms with Gasteiger partial charge in [0.2, 0.25) is 0 Å². The first-order chi connectivity index (χ1) is 18.0. The lowest BCUT2D eigenvalue weighted by Gasteiger charge is -2.59. The van der Waals surface area contributed by atoms with Gasteiger partial charge in [-0.2, -0.15) is 0 Å². The third-order valence-corrected chi connectivity index (χ3v) is 9.65. The summed E-state index contributed by atoms with van der Waals surface area (Å²) < 4.78 is 5.24. The van der Waals surface area contributed by atoms with Gasteiger partial charge in [0.05, 0.1) is 11.8 Å². The summed E-state index contributed by atoms with van der Waals surface area (Å²) in [7, 11) is 0. The first-order valence-electron chi connectivity index (χ1n) is 14.2. The maximum atomic E-state index is 12.5. The van der Waals surface area contributed by atoms with Crippen molar-refractivity contribution in [3.8, 4) is 0 Å². The first kappa shape index (κ1) is 31.5. The first-order valence-corrected chi connectivity index (χ1v) is 14.2. The minimum absolute atomic E-state index is 0.00572. The van der Waals surface area contributed by atoms with E-state index in [2.05, 4.69) is 33.1 Å². The zero-order valence-corrected chi connectivity index (χ0v) is 24.4. The molecule has 3 fully saturated rings. The fourth-order valence-electron chi connectivity index (χ4n) is 8.08. The van der Waals surface area contributed by atoms with Crippen LogP contribution in [0.25, 0.3) is 0 Å². The molecule has 7 heteroatoms. The Kier molecular flexibility index (Phi) is 9.53. The average Bonchev–Trinajstić information content (AvgIpc) is 3.14. The Morgan fingerprint density at radius 3 is 2.46 bits per heavy atom. The highest BCUT2D eigenvalue weighted by Crippen LogP contribution is 2.67. The van der Waals surface area contributed by atoms with Gasteiger partial charge < -0.3 is 30.6 Å². The van der Waals surface area contributed by atoms with E-state index in [1.165, 1.54) is 19.4 Å². The summed E-state index contributed by atoms with van der Waals surface area (Å²) in [6, 6.07) is 0. The van der Waals surface area contributed by atoms with Crippen LogP contribution in [0.1, 0.15) is 73.1 Å². The maximum Gasteiger partial charge on any atom is 0.161 e. The second-order valence-corrected chi connectivity index (χ2v) is 13.3. The molecule has 4 aliphatic rings. The Labute approximate surface area is 233 Å². The number of fused-ring (bicyclic) bond motifs is 5. The van der Waals surface area contributed by atoms with Crippen LogP contribution >= 0.6 is 0 Å². The van der Waals surface area contributed by atoms with Gasteiger partial charge in [-0.05, 0) is 87.7 Å². The number of carbonyl (C=O) groups is 1. The van der Waals surface area contributed by atoms with Gasteiger partial charge in [-0.3, -0.25) is 4.79 Å². The van der Waals surface area contributed by atoms with Gasteiger partial charge in [0, 0.05) is 17.3 Å². The maximum absolute atomic E-state index is 12.5. The van der Waals surface area contributed by atoms with E-state index in [9.17, 15) is 9.90 Å². The predicted octanol–water partition coefficient (Wildman–Crippen LogP) is 5.28. The van der Waals surface area contributed by atoms with E-state index in [0.29, 0.717) is 29.9 Å². The lowest BCUT2D eigenvalue weighted by atomic mass is 9.46. The number of ether oxygens (including phenoxy) is 1. The second-order valence-electron chi connectivity index (χ2n) is 13.3. The molecule has 3 saturated carbocycles. The van der Waals surface area contributed by atoms with Crippen molar-refractivity contribution in [1.82, 2.24) is 0 Å². The van der Waals surface area contributed by atoms with Crippen LogP contribution in [-0.2, 0) is 9.53 Å². The molecular formula is C32H49NO6. The van der Waals surface area contributed by atoms with Crippen molar-refractivity contribution in [2.45, 2.75) is 85.0 Å². The molecule has 0 aromatic carbocycles. The number of rotatable bonds is 8. The highest BCUT2D eigenvalue weighted by molar-refractivity contribution is 6.03. The summed E-state index contributed by atoms with van der Waals surface area (Å²) in [6.45, 7) is 16.9. The van der Waals surface area contributed by atoms with Gasteiger partial charge in [0.25, 0.3) is 0 Å². The lowest BCUT2D eigenvalue weighted by Crippen LogP contribution is -2.56. The fraction of sp³-hybridized carbons (Fsp3) is 0.688. The molecule has 5 N–H and O–H groups in total. The lowest BCUT2D eigenvalue weighted by molar-refractivity contribution is -0.128. The van der Waals surface area contributed by atoms with E-state index in [-0.39, 0.29) is 53.5 Å². The van der Waals surface area contributed by atoms with E-state index in [1.807, 2.05) is 19.1 Å². The molecule has 0 aliphatic heterocycles. The standard InChI is InChI=1S/C29H41NO4.C3H8O2/c1-17(12-18(2)26(33)16-34-15-19(3)31)23-8-9-24-22-7-6-20-13-21(30)10-11-28(20,4)27(22)25(32)14-29(23,24)5;1-3(2,4)5/h10-11,13,18,22-25,27,30-32H,1,3,6-9,12,14-16H2,2,4-5H3;4-5H,1-2H3. The van der Waals surface area contributed by atoms with Crippen molar-refractivity contribution in [3.63, 3.8) is 0 Å². The molecular weight excluding hydrogens is 494 g/mol. The van der Waals surface area contributed by atoms with Gasteiger partial charge in [0.15, 0.2) is 11.6 Å². The third kappa shape index (κ3) is 6.99. The summed E-state index contributed by atoms with van der Waals surface area (Å²) in [4.78, 5) is 12.5. The SMILES string of the molecule is C=C(O)COCC(=O)C(C)CC(=C)C1CCC2C3CCC4=CC(=N)C=CC4(C)C3C(O)CC12C.CC(C)(O)O. The van der Waals surface area contributed by atoms with Gasteiger partial charge in [-0.15, -0.1) is 0 Å². The van der Waals surface area contributed by atoms with Crippen LogP contribution < -0.4 is 0 Å². The smallest absolute Gasteiger partial charge is 0.161 e. The normalized spacial score (nSPS) is 35.9. The van der Waals surface area contributed by atoms with E-state index in [0.717, 1.165) is 37.7 Å². The number of hydrogen-bond acceptors (Lipinski definition) is 7. The number of aliphatic hydroxyl groups is 4. The number of aliphatic hydroxyl groups excluding tert-OH is 2.